The van der Waals surface area contributed by atoms with Crippen LogP contribution < -0.4 is 5.32 Å². The minimum atomic E-state index is -0.163. The highest BCUT2D eigenvalue weighted by atomic mass is 16.5. The average molecular weight is 253 g/mol. The Kier molecular flexibility index (Phi) is 5.86. The molecule has 0 amide bonds. The predicted octanol–water partition coefficient (Wildman–Crippen LogP) is 2.77. The van der Waals surface area contributed by atoms with E-state index < -0.39 is 0 Å². The van der Waals surface area contributed by atoms with E-state index in [1.165, 1.54) is 12.7 Å². The molecule has 1 N–H and O–H groups in total. The van der Waals surface area contributed by atoms with Gasteiger partial charge in [-0.3, -0.25) is 4.79 Å². The summed E-state index contributed by atoms with van der Waals surface area (Å²) in [5, 5.41) is 3.38. The quantitative estimate of drug-likeness (QED) is 0.605. The van der Waals surface area contributed by atoms with Crippen LogP contribution in [0.3, 0.4) is 0 Å². The third kappa shape index (κ3) is 4.45. The standard InChI is InChI=1S/C15H27NO2/c1-10(2)9-16-14(15(17)18-5)13-7-11(3)6-12(4)8-13/h6,10-11,13-14,16H,7-9H2,1-5H3. The Morgan fingerprint density at radius 2 is 2.22 bits per heavy atom. The molecule has 0 aromatic carbocycles. The van der Waals surface area contributed by atoms with Gasteiger partial charge in [-0.05, 0) is 44.1 Å². The summed E-state index contributed by atoms with van der Waals surface area (Å²) in [6.07, 6.45) is 4.37. The summed E-state index contributed by atoms with van der Waals surface area (Å²) in [7, 11) is 1.47. The van der Waals surface area contributed by atoms with Crippen LogP contribution in [0.1, 0.15) is 40.5 Å². The van der Waals surface area contributed by atoms with Crippen molar-refractivity contribution < 1.29 is 9.53 Å². The van der Waals surface area contributed by atoms with E-state index in [9.17, 15) is 4.79 Å². The minimum absolute atomic E-state index is 0.123. The van der Waals surface area contributed by atoms with Crippen molar-refractivity contribution in [2.75, 3.05) is 13.7 Å². The van der Waals surface area contributed by atoms with Crippen molar-refractivity contribution in [2.24, 2.45) is 17.8 Å². The van der Waals surface area contributed by atoms with Gasteiger partial charge in [-0.15, -0.1) is 0 Å². The number of esters is 1. The second-order valence-electron chi connectivity index (χ2n) is 5.99. The molecule has 0 aromatic rings. The Morgan fingerprint density at radius 1 is 1.56 bits per heavy atom. The minimum Gasteiger partial charge on any atom is -0.468 e. The van der Waals surface area contributed by atoms with Gasteiger partial charge >= 0.3 is 5.97 Å². The highest BCUT2D eigenvalue weighted by molar-refractivity contribution is 5.76. The number of methoxy groups -OCH3 is 1. The SMILES string of the molecule is COC(=O)C(NCC(C)C)C1CC(C)=CC(C)C1. The van der Waals surface area contributed by atoms with Crippen LogP contribution in [0.5, 0.6) is 0 Å². The lowest BCUT2D eigenvalue weighted by Gasteiger charge is -2.31. The number of rotatable bonds is 5. The lowest BCUT2D eigenvalue weighted by atomic mass is 9.79. The van der Waals surface area contributed by atoms with E-state index in [2.05, 4.69) is 39.1 Å². The molecular weight excluding hydrogens is 226 g/mol. The van der Waals surface area contributed by atoms with Gasteiger partial charge in [-0.25, -0.2) is 0 Å². The number of hydrogen-bond donors (Lipinski definition) is 1. The summed E-state index contributed by atoms with van der Waals surface area (Å²) in [6.45, 7) is 9.52. The zero-order valence-electron chi connectivity index (χ0n) is 12.3. The molecule has 1 aliphatic carbocycles. The molecule has 3 unspecified atom stereocenters. The maximum Gasteiger partial charge on any atom is 0.323 e. The van der Waals surface area contributed by atoms with Crippen LogP contribution in [0.4, 0.5) is 0 Å². The van der Waals surface area contributed by atoms with Crippen molar-refractivity contribution in [3.8, 4) is 0 Å². The van der Waals surface area contributed by atoms with Gasteiger partial charge in [-0.2, -0.15) is 0 Å². The van der Waals surface area contributed by atoms with E-state index in [-0.39, 0.29) is 12.0 Å². The average Bonchev–Trinajstić information content (AvgIpc) is 2.27. The summed E-state index contributed by atoms with van der Waals surface area (Å²) in [6, 6.07) is -0.163. The smallest absolute Gasteiger partial charge is 0.323 e. The second-order valence-corrected chi connectivity index (χ2v) is 5.99. The van der Waals surface area contributed by atoms with Gasteiger partial charge in [0.15, 0.2) is 0 Å². The van der Waals surface area contributed by atoms with Gasteiger partial charge in [0.2, 0.25) is 0 Å². The molecule has 0 radical (unpaired) electrons. The largest absolute Gasteiger partial charge is 0.468 e. The van der Waals surface area contributed by atoms with Crippen LogP contribution in [0.2, 0.25) is 0 Å². The molecule has 1 aliphatic rings. The van der Waals surface area contributed by atoms with Gasteiger partial charge in [0.1, 0.15) is 6.04 Å². The molecule has 0 fully saturated rings. The van der Waals surface area contributed by atoms with Crippen LogP contribution >= 0.6 is 0 Å². The Bertz CT molecular complexity index is 310. The molecule has 3 nitrogen and oxygen atoms in total. The van der Waals surface area contributed by atoms with Gasteiger partial charge in [-0.1, -0.05) is 32.4 Å². The number of carbonyl (C=O) groups excluding carboxylic acids is 1. The monoisotopic (exact) mass is 253 g/mol. The Morgan fingerprint density at radius 3 is 2.72 bits per heavy atom. The van der Waals surface area contributed by atoms with Crippen molar-refractivity contribution in [1.29, 1.82) is 0 Å². The Labute approximate surface area is 111 Å². The molecule has 0 spiro atoms. The van der Waals surface area contributed by atoms with E-state index in [1.807, 2.05) is 0 Å². The van der Waals surface area contributed by atoms with E-state index in [0.29, 0.717) is 17.8 Å². The molecule has 104 valence electrons. The molecule has 0 heterocycles. The highest BCUT2D eigenvalue weighted by Gasteiger charge is 2.31. The molecule has 0 saturated heterocycles. The molecule has 0 aliphatic heterocycles. The van der Waals surface area contributed by atoms with Crippen molar-refractivity contribution in [3.63, 3.8) is 0 Å². The van der Waals surface area contributed by atoms with Crippen molar-refractivity contribution in [2.45, 2.75) is 46.6 Å². The Hall–Kier alpha value is -0.830. The lowest BCUT2D eigenvalue weighted by Crippen LogP contribution is -2.46. The topological polar surface area (TPSA) is 38.3 Å². The summed E-state index contributed by atoms with van der Waals surface area (Å²) in [4.78, 5) is 11.9. The van der Waals surface area contributed by atoms with E-state index in [1.54, 1.807) is 0 Å². The number of allylic oxidation sites excluding steroid dienone is 2. The van der Waals surface area contributed by atoms with Crippen LogP contribution in [0.25, 0.3) is 0 Å². The molecule has 18 heavy (non-hydrogen) atoms. The summed E-state index contributed by atoms with van der Waals surface area (Å²) < 4.78 is 4.95. The number of ether oxygens (including phenoxy) is 1. The normalized spacial score (nSPS) is 25.8. The van der Waals surface area contributed by atoms with Crippen molar-refractivity contribution in [3.05, 3.63) is 11.6 Å². The molecule has 0 saturated carbocycles. The third-order valence-electron chi connectivity index (χ3n) is 3.50. The molecular formula is C15H27NO2. The first kappa shape index (κ1) is 15.2. The summed E-state index contributed by atoms with van der Waals surface area (Å²) in [5.74, 6) is 1.32. The maximum atomic E-state index is 11.9. The fourth-order valence-electron chi connectivity index (χ4n) is 2.78. The molecule has 0 aromatic heterocycles. The van der Waals surface area contributed by atoms with E-state index in [0.717, 1.165) is 19.4 Å². The zero-order chi connectivity index (χ0) is 13.7. The second kappa shape index (κ2) is 6.93. The van der Waals surface area contributed by atoms with Gasteiger partial charge < -0.3 is 10.1 Å². The summed E-state index contributed by atoms with van der Waals surface area (Å²) in [5.41, 5.74) is 1.39. The van der Waals surface area contributed by atoms with Gasteiger partial charge in [0, 0.05) is 0 Å². The van der Waals surface area contributed by atoms with Crippen LogP contribution in [0.15, 0.2) is 11.6 Å². The fraction of sp³-hybridized carbons (Fsp3) is 0.800. The third-order valence-corrected chi connectivity index (χ3v) is 3.50. The first-order valence-electron chi connectivity index (χ1n) is 6.92. The number of carbonyl (C=O) groups is 1. The summed E-state index contributed by atoms with van der Waals surface area (Å²) >= 11 is 0. The molecule has 3 atom stereocenters. The predicted molar refractivity (Wildman–Crippen MR) is 74.3 cm³/mol. The van der Waals surface area contributed by atoms with Crippen molar-refractivity contribution in [1.82, 2.24) is 5.32 Å². The lowest BCUT2D eigenvalue weighted by molar-refractivity contribution is -0.144. The first-order chi connectivity index (χ1) is 8.43. The van der Waals surface area contributed by atoms with Crippen LogP contribution in [-0.4, -0.2) is 25.7 Å². The molecule has 0 bridgehead atoms. The zero-order valence-corrected chi connectivity index (χ0v) is 12.3. The number of nitrogens with one attached hydrogen (secondary N) is 1. The van der Waals surface area contributed by atoms with Gasteiger partial charge in [0.25, 0.3) is 0 Å². The highest BCUT2D eigenvalue weighted by Crippen LogP contribution is 2.30. The van der Waals surface area contributed by atoms with Crippen molar-refractivity contribution >= 4 is 5.97 Å². The van der Waals surface area contributed by atoms with Crippen LogP contribution in [-0.2, 0) is 9.53 Å². The van der Waals surface area contributed by atoms with E-state index in [4.69, 9.17) is 4.74 Å². The first-order valence-corrected chi connectivity index (χ1v) is 6.92. The van der Waals surface area contributed by atoms with Crippen LogP contribution in [0, 0.1) is 17.8 Å². The number of hydrogen-bond acceptors (Lipinski definition) is 3. The maximum absolute atomic E-state index is 11.9. The molecule has 3 heteroatoms. The fourth-order valence-corrected chi connectivity index (χ4v) is 2.78. The van der Waals surface area contributed by atoms with E-state index >= 15 is 0 Å². The Balaban J connectivity index is 2.70. The molecule has 1 rings (SSSR count). The van der Waals surface area contributed by atoms with Gasteiger partial charge in [0.05, 0.1) is 7.11 Å².